The van der Waals surface area contributed by atoms with E-state index in [2.05, 4.69) is 43.1 Å². The van der Waals surface area contributed by atoms with E-state index in [1.807, 2.05) is 0 Å². The maximum absolute atomic E-state index is 5.84. The maximum atomic E-state index is 5.84. The van der Waals surface area contributed by atoms with Gasteiger partial charge in [0.15, 0.2) is 0 Å². The van der Waals surface area contributed by atoms with Crippen molar-refractivity contribution in [1.29, 1.82) is 0 Å². The quantitative estimate of drug-likeness (QED) is 0.805. The van der Waals surface area contributed by atoms with Gasteiger partial charge in [0.2, 0.25) is 0 Å². The van der Waals surface area contributed by atoms with Crippen LogP contribution in [0.1, 0.15) is 18.1 Å². The van der Waals surface area contributed by atoms with Crippen molar-refractivity contribution in [3.8, 4) is 0 Å². The minimum absolute atomic E-state index is 0. The van der Waals surface area contributed by atoms with Crippen molar-refractivity contribution in [1.82, 2.24) is 4.98 Å². The summed E-state index contributed by atoms with van der Waals surface area (Å²) in [6.45, 7) is 4.15. The average Bonchev–Trinajstić information content (AvgIpc) is 2.16. The molecule has 0 aliphatic heterocycles. The number of pyridine rings is 1. The zero-order valence-corrected chi connectivity index (χ0v) is 9.77. The van der Waals surface area contributed by atoms with Crippen molar-refractivity contribution in [3.63, 3.8) is 0 Å². The molecule has 0 saturated heterocycles. The van der Waals surface area contributed by atoms with Crippen LogP contribution >= 0.6 is 12.4 Å². The lowest BCUT2D eigenvalue weighted by molar-refractivity contribution is 1.13. The number of benzene rings is 1. The molecule has 0 unspecified atom stereocenters. The predicted molar refractivity (Wildman–Crippen MR) is 67.5 cm³/mol. The number of rotatable bonds is 1. The second-order valence-electron chi connectivity index (χ2n) is 3.58. The minimum Gasteiger partial charge on any atom is -0.383 e. The number of aryl methyl sites for hydroxylation is 2. The summed E-state index contributed by atoms with van der Waals surface area (Å²) in [5.41, 5.74) is 9.16. The Labute approximate surface area is 95.9 Å². The number of anilines is 1. The fraction of sp³-hybridized carbons (Fsp3) is 0.250. The molecule has 0 saturated carbocycles. The number of nitrogens with two attached hydrogens (primary N) is 1. The van der Waals surface area contributed by atoms with Gasteiger partial charge in [0, 0.05) is 5.39 Å². The SMILES string of the molecule is CCc1cc2ccc(C)cc2nc1N.Cl. The van der Waals surface area contributed by atoms with Crippen molar-refractivity contribution in [2.75, 3.05) is 5.73 Å². The minimum atomic E-state index is 0. The number of hydrogen-bond donors (Lipinski definition) is 1. The lowest BCUT2D eigenvalue weighted by atomic mass is 10.1. The summed E-state index contributed by atoms with van der Waals surface area (Å²) in [6.07, 6.45) is 0.933. The molecule has 0 fully saturated rings. The summed E-state index contributed by atoms with van der Waals surface area (Å²) in [4.78, 5) is 4.39. The van der Waals surface area contributed by atoms with E-state index in [0.717, 1.165) is 17.5 Å². The number of nitrogens with zero attached hydrogens (tertiary/aromatic N) is 1. The second kappa shape index (κ2) is 4.49. The first-order valence-corrected chi connectivity index (χ1v) is 4.86. The highest BCUT2D eigenvalue weighted by Crippen LogP contribution is 2.19. The maximum Gasteiger partial charge on any atom is 0.127 e. The first-order valence-electron chi connectivity index (χ1n) is 4.86. The van der Waals surface area contributed by atoms with Crippen LogP contribution in [0.3, 0.4) is 0 Å². The molecular formula is C12H15ClN2. The molecule has 2 aromatic rings. The van der Waals surface area contributed by atoms with Crippen molar-refractivity contribution in [2.45, 2.75) is 20.3 Å². The third-order valence-electron chi connectivity index (χ3n) is 2.47. The van der Waals surface area contributed by atoms with E-state index in [0.29, 0.717) is 5.82 Å². The molecule has 1 heterocycles. The van der Waals surface area contributed by atoms with Gasteiger partial charge < -0.3 is 5.73 Å². The van der Waals surface area contributed by atoms with Gasteiger partial charge in [-0.1, -0.05) is 19.1 Å². The van der Waals surface area contributed by atoms with Crippen LogP contribution in [0.4, 0.5) is 5.82 Å². The standard InChI is InChI=1S/C12H14N2.ClH/c1-3-9-7-10-5-4-8(2)6-11(10)14-12(9)13;/h4-7H,3H2,1-2H3,(H2,13,14);1H. The highest BCUT2D eigenvalue weighted by Gasteiger charge is 2.01. The topological polar surface area (TPSA) is 38.9 Å². The van der Waals surface area contributed by atoms with Crippen molar-refractivity contribution < 1.29 is 0 Å². The Bertz CT molecular complexity index is 480. The zero-order valence-electron chi connectivity index (χ0n) is 8.95. The summed E-state index contributed by atoms with van der Waals surface area (Å²) >= 11 is 0. The molecule has 0 amide bonds. The molecular weight excluding hydrogens is 208 g/mol. The molecule has 0 aliphatic carbocycles. The summed E-state index contributed by atoms with van der Waals surface area (Å²) in [5, 5.41) is 1.17. The Hall–Kier alpha value is -1.28. The predicted octanol–water partition coefficient (Wildman–Crippen LogP) is 3.11. The van der Waals surface area contributed by atoms with E-state index >= 15 is 0 Å². The van der Waals surface area contributed by atoms with Crippen LogP contribution in [0, 0.1) is 6.92 Å². The molecule has 0 bridgehead atoms. The number of nitrogen functional groups attached to an aromatic ring is 1. The van der Waals surface area contributed by atoms with Crippen LogP contribution in [0.2, 0.25) is 0 Å². The molecule has 0 atom stereocenters. The Morgan fingerprint density at radius 1 is 1.27 bits per heavy atom. The Kier molecular flexibility index (Phi) is 3.53. The van der Waals surface area contributed by atoms with E-state index in [9.17, 15) is 0 Å². The van der Waals surface area contributed by atoms with E-state index < -0.39 is 0 Å². The van der Waals surface area contributed by atoms with Gasteiger partial charge in [-0.15, -0.1) is 12.4 Å². The normalized spacial score (nSPS) is 10.0. The summed E-state index contributed by atoms with van der Waals surface area (Å²) in [5.74, 6) is 0.658. The molecule has 2 nitrogen and oxygen atoms in total. The molecule has 1 aromatic heterocycles. The zero-order chi connectivity index (χ0) is 10.1. The van der Waals surface area contributed by atoms with Crippen LogP contribution in [0.5, 0.6) is 0 Å². The van der Waals surface area contributed by atoms with Crippen molar-refractivity contribution in [2.24, 2.45) is 0 Å². The highest BCUT2D eigenvalue weighted by atomic mass is 35.5. The van der Waals surface area contributed by atoms with E-state index in [-0.39, 0.29) is 12.4 Å². The first kappa shape index (κ1) is 11.8. The van der Waals surface area contributed by atoms with E-state index in [4.69, 9.17) is 5.73 Å². The van der Waals surface area contributed by atoms with Gasteiger partial charge in [0.1, 0.15) is 5.82 Å². The molecule has 3 heteroatoms. The van der Waals surface area contributed by atoms with Gasteiger partial charge in [-0.2, -0.15) is 0 Å². The summed E-state index contributed by atoms with van der Waals surface area (Å²) < 4.78 is 0. The smallest absolute Gasteiger partial charge is 0.127 e. The number of aromatic nitrogens is 1. The number of halogens is 1. The van der Waals surface area contributed by atoms with Crippen molar-refractivity contribution in [3.05, 3.63) is 35.4 Å². The number of fused-ring (bicyclic) bond motifs is 1. The fourth-order valence-electron chi connectivity index (χ4n) is 1.62. The Morgan fingerprint density at radius 2 is 2.00 bits per heavy atom. The van der Waals surface area contributed by atoms with Crippen LogP contribution in [0.25, 0.3) is 10.9 Å². The fourth-order valence-corrected chi connectivity index (χ4v) is 1.62. The van der Waals surface area contributed by atoms with Gasteiger partial charge in [-0.05, 0) is 36.6 Å². The van der Waals surface area contributed by atoms with Gasteiger partial charge in [0.25, 0.3) is 0 Å². The largest absolute Gasteiger partial charge is 0.383 e. The summed E-state index contributed by atoms with van der Waals surface area (Å²) in [6, 6.07) is 8.37. The molecule has 1 aromatic carbocycles. The molecule has 0 radical (unpaired) electrons. The third kappa shape index (κ3) is 2.21. The Balaban J connectivity index is 0.00000112. The van der Waals surface area contributed by atoms with Crippen LogP contribution in [0.15, 0.2) is 24.3 Å². The number of hydrogen-bond acceptors (Lipinski definition) is 2. The lowest BCUT2D eigenvalue weighted by Crippen LogP contribution is -1.97. The molecule has 2 rings (SSSR count). The molecule has 0 aliphatic rings. The van der Waals surface area contributed by atoms with Crippen molar-refractivity contribution >= 4 is 29.1 Å². The van der Waals surface area contributed by atoms with Gasteiger partial charge >= 0.3 is 0 Å². The van der Waals surface area contributed by atoms with Crippen LogP contribution < -0.4 is 5.73 Å². The average molecular weight is 223 g/mol. The molecule has 0 spiro atoms. The summed E-state index contributed by atoms with van der Waals surface area (Å²) in [7, 11) is 0. The van der Waals surface area contributed by atoms with Gasteiger partial charge in [-0.3, -0.25) is 0 Å². The lowest BCUT2D eigenvalue weighted by Gasteiger charge is -2.05. The second-order valence-corrected chi connectivity index (χ2v) is 3.58. The van der Waals surface area contributed by atoms with E-state index in [1.54, 1.807) is 0 Å². The third-order valence-corrected chi connectivity index (χ3v) is 2.47. The molecule has 15 heavy (non-hydrogen) atoms. The first-order chi connectivity index (χ1) is 6.70. The monoisotopic (exact) mass is 222 g/mol. The molecule has 2 N–H and O–H groups in total. The highest BCUT2D eigenvalue weighted by molar-refractivity contribution is 5.85. The van der Waals surface area contributed by atoms with Crippen LogP contribution in [-0.2, 0) is 6.42 Å². The van der Waals surface area contributed by atoms with E-state index in [1.165, 1.54) is 10.9 Å². The molecule has 80 valence electrons. The van der Waals surface area contributed by atoms with Crippen LogP contribution in [-0.4, -0.2) is 4.98 Å². The Morgan fingerprint density at radius 3 is 2.67 bits per heavy atom. The van der Waals surface area contributed by atoms with Gasteiger partial charge in [-0.25, -0.2) is 4.98 Å². The van der Waals surface area contributed by atoms with Gasteiger partial charge in [0.05, 0.1) is 5.52 Å².